The number of aromatic nitrogens is 2. The van der Waals surface area contributed by atoms with Gasteiger partial charge in [-0.25, -0.2) is 8.78 Å². The van der Waals surface area contributed by atoms with E-state index in [4.69, 9.17) is 10.3 Å². The molecule has 1 saturated carbocycles. The molecule has 0 amide bonds. The molecule has 21 heavy (non-hydrogen) atoms. The Morgan fingerprint density at radius 1 is 1.38 bits per heavy atom. The molecule has 3 rings (SSSR count). The van der Waals surface area contributed by atoms with Gasteiger partial charge in [-0.1, -0.05) is 24.9 Å². The van der Waals surface area contributed by atoms with E-state index in [9.17, 15) is 8.78 Å². The van der Waals surface area contributed by atoms with Gasteiger partial charge in [-0.05, 0) is 37.0 Å². The summed E-state index contributed by atoms with van der Waals surface area (Å²) in [5, 5.41) is 3.89. The van der Waals surface area contributed by atoms with Crippen LogP contribution >= 0.6 is 0 Å². The molecule has 2 atom stereocenters. The number of hydrogen-bond donors (Lipinski definition) is 1. The molecule has 1 aromatic heterocycles. The molecule has 2 N–H and O–H groups in total. The molecule has 1 aliphatic rings. The van der Waals surface area contributed by atoms with Gasteiger partial charge >= 0.3 is 0 Å². The lowest BCUT2D eigenvalue weighted by Crippen LogP contribution is -2.42. The largest absolute Gasteiger partial charge is 0.334 e. The number of halogens is 2. The van der Waals surface area contributed by atoms with Crippen LogP contribution < -0.4 is 5.73 Å². The van der Waals surface area contributed by atoms with Gasteiger partial charge in [0.1, 0.15) is 11.6 Å². The summed E-state index contributed by atoms with van der Waals surface area (Å²) in [5.41, 5.74) is 5.69. The summed E-state index contributed by atoms with van der Waals surface area (Å²) in [7, 11) is 0. The molecule has 112 valence electrons. The van der Waals surface area contributed by atoms with Crippen molar-refractivity contribution in [3.05, 3.63) is 35.7 Å². The third kappa shape index (κ3) is 2.68. The minimum Gasteiger partial charge on any atom is -0.334 e. The summed E-state index contributed by atoms with van der Waals surface area (Å²) in [6.07, 6.45) is 3.65. The van der Waals surface area contributed by atoms with E-state index in [1.54, 1.807) is 0 Å². The van der Waals surface area contributed by atoms with Crippen molar-refractivity contribution >= 4 is 0 Å². The molecule has 2 aromatic rings. The highest BCUT2D eigenvalue weighted by Crippen LogP contribution is 2.37. The molecule has 0 bridgehead atoms. The molecular formula is C15H17F2N3O. The summed E-state index contributed by atoms with van der Waals surface area (Å²) in [6.45, 7) is 2.13. The third-order valence-corrected chi connectivity index (χ3v) is 4.06. The lowest BCUT2D eigenvalue weighted by atomic mass is 9.76. The Labute approximate surface area is 121 Å². The summed E-state index contributed by atoms with van der Waals surface area (Å²) >= 11 is 0. The molecule has 0 aliphatic heterocycles. The SMILES string of the molecule is CC1CCCC(N)(c2noc(-c3cc(F)ccc3F)n2)C1. The van der Waals surface area contributed by atoms with Gasteiger partial charge in [-0.3, -0.25) is 0 Å². The minimum atomic E-state index is -0.650. The first-order valence-electron chi connectivity index (χ1n) is 7.06. The maximum Gasteiger partial charge on any atom is 0.261 e. The molecule has 1 heterocycles. The molecule has 2 unspecified atom stereocenters. The predicted molar refractivity (Wildman–Crippen MR) is 73.1 cm³/mol. The lowest BCUT2D eigenvalue weighted by Gasteiger charge is -2.33. The van der Waals surface area contributed by atoms with Crippen LogP contribution in [0.1, 0.15) is 38.4 Å². The van der Waals surface area contributed by atoms with E-state index < -0.39 is 17.2 Å². The summed E-state index contributed by atoms with van der Waals surface area (Å²) < 4.78 is 32.1. The molecule has 1 fully saturated rings. The van der Waals surface area contributed by atoms with E-state index in [-0.39, 0.29) is 11.5 Å². The van der Waals surface area contributed by atoms with Crippen molar-refractivity contribution in [1.82, 2.24) is 10.1 Å². The maximum atomic E-state index is 13.7. The first kappa shape index (κ1) is 14.1. The third-order valence-electron chi connectivity index (χ3n) is 4.06. The van der Waals surface area contributed by atoms with E-state index in [0.29, 0.717) is 11.7 Å². The fourth-order valence-corrected chi connectivity index (χ4v) is 2.99. The van der Waals surface area contributed by atoms with Crippen LogP contribution in [-0.4, -0.2) is 10.1 Å². The van der Waals surface area contributed by atoms with Gasteiger partial charge < -0.3 is 10.3 Å². The van der Waals surface area contributed by atoms with Crippen LogP contribution in [0, 0.1) is 17.6 Å². The standard InChI is InChI=1S/C15H17F2N3O/c1-9-3-2-6-15(18,8-9)14-19-13(21-20-14)11-7-10(16)4-5-12(11)17/h4-5,7,9H,2-3,6,8,18H2,1H3. The van der Waals surface area contributed by atoms with Crippen LogP contribution in [0.25, 0.3) is 11.5 Å². The van der Waals surface area contributed by atoms with Crippen molar-refractivity contribution in [3.63, 3.8) is 0 Å². The fraction of sp³-hybridized carbons (Fsp3) is 0.467. The lowest BCUT2D eigenvalue weighted by molar-refractivity contribution is 0.222. The van der Waals surface area contributed by atoms with Gasteiger partial charge in [0.25, 0.3) is 5.89 Å². The Morgan fingerprint density at radius 2 is 2.19 bits per heavy atom. The van der Waals surface area contributed by atoms with E-state index in [1.165, 1.54) is 0 Å². The number of hydrogen-bond acceptors (Lipinski definition) is 4. The average Bonchev–Trinajstić information content (AvgIpc) is 2.91. The molecule has 0 radical (unpaired) electrons. The van der Waals surface area contributed by atoms with Crippen molar-refractivity contribution < 1.29 is 13.3 Å². The van der Waals surface area contributed by atoms with Gasteiger partial charge in [0.15, 0.2) is 5.82 Å². The van der Waals surface area contributed by atoms with Crippen LogP contribution in [0.5, 0.6) is 0 Å². The smallest absolute Gasteiger partial charge is 0.261 e. The average molecular weight is 293 g/mol. The zero-order valence-electron chi connectivity index (χ0n) is 11.8. The summed E-state index contributed by atoms with van der Waals surface area (Å²) in [6, 6.07) is 3.12. The molecular weight excluding hydrogens is 276 g/mol. The second-order valence-corrected chi connectivity index (χ2v) is 5.90. The van der Waals surface area contributed by atoms with Gasteiger partial charge in [0, 0.05) is 0 Å². The van der Waals surface area contributed by atoms with Crippen molar-refractivity contribution in [2.75, 3.05) is 0 Å². The Balaban J connectivity index is 1.94. The van der Waals surface area contributed by atoms with E-state index in [0.717, 1.165) is 43.9 Å². The van der Waals surface area contributed by atoms with Crippen molar-refractivity contribution in [2.45, 2.75) is 38.1 Å². The molecule has 0 spiro atoms. The number of nitrogens with zero attached hydrogens (tertiary/aromatic N) is 2. The van der Waals surface area contributed by atoms with E-state index >= 15 is 0 Å². The highest BCUT2D eigenvalue weighted by Gasteiger charge is 2.37. The number of rotatable bonds is 2. The maximum absolute atomic E-state index is 13.7. The monoisotopic (exact) mass is 293 g/mol. The highest BCUT2D eigenvalue weighted by molar-refractivity contribution is 5.53. The van der Waals surface area contributed by atoms with Crippen LogP contribution in [0.3, 0.4) is 0 Å². The molecule has 4 nitrogen and oxygen atoms in total. The van der Waals surface area contributed by atoms with Gasteiger partial charge in [-0.15, -0.1) is 0 Å². The van der Waals surface area contributed by atoms with Crippen LogP contribution in [-0.2, 0) is 5.54 Å². The first-order chi connectivity index (χ1) is 9.98. The molecule has 1 aliphatic carbocycles. The Hall–Kier alpha value is -1.82. The zero-order valence-corrected chi connectivity index (χ0v) is 11.8. The van der Waals surface area contributed by atoms with Crippen LogP contribution in [0.4, 0.5) is 8.78 Å². The summed E-state index contributed by atoms with van der Waals surface area (Å²) in [4.78, 5) is 4.20. The normalized spacial score (nSPS) is 26.0. The van der Waals surface area contributed by atoms with Crippen molar-refractivity contribution in [1.29, 1.82) is 0 Å². The Kier molecular flexibility index (Phi) is 3.49. The zero-order chi connectivity index (χ0) is 15.0. The second-order valence-electron chi connectivity index (χ2n) is 5.90. The minimum absolute atomic E-state index is 0.0370. The van der Waals surface area contributed by atoms with Crippen molar-refractivity contribution in [3.8, 4) is 11.5 Å². The van der Waals surface area contributed by atoms with E-state index in [2.05, 4.69) is 17.1 Å². The summed E-state index contributed by atoms with van der Waals surface area (Å²) in [5.74, 6) is -0.344. The number of nitrogens with two attached hydrogens (primary N) is 1. The Morgan fingerprint density at radius 3 is 2.95 bits per heavy atom. The van der Waals surface area contributed by atoms with Crippen LogP contribution in [0.15, 0.2) is 22.7 Å². The molecule has 0 saturated heterocycles. The van der Waals surface area contributed by atoms with E-state index in [1.807, 2.05) is 0 Å². The van der Waals surface area contributed by atoms with Gasteiger partial charge in [0.2, 0.25) is 0 Å². The highest BCUT2D eigenvalue weighted by atomic mass is 19.1. The van der Waals surface area contributed by atoms with Gasteiger partial charge in [-0.2, -0.15) is 4.98 Å². The quantitative estimate of drug-likeness (QED) is 0.922. The topological polar surface area (TPSA) is 64.9 Å². The molecule has 1 aromatic carbocycles. The number of benzene rings is 1. The first-order valence-corrected chi connectivity index (χ1v) is 7.06. The van der Waals surface area contributed by atoms with Crippen molar-refractivity contribution in [2.24, 2.45) is 11.7 Å². The Bertz CT molecular complexity index is 658. The van der Waals surface area contributed by atoms with Gasteiger partial charge in [0.05, 0.1) is 11.1 Å². The fourth-order valence-electron chi connectivity index (χ4n) is 2.99. The predicted octanol–water partition coefficient (Wildman–Crippen LogP) is 3.38. The molecule has 6 heteroatoms. The second kappa shape index (κ2) is 5.18. The van der Waals surface area contributed by atoms with Crippen LogP contribution in [0.2, 0.25) is 0 Å².